The van der Waals surface area contributed by atoms with E-state index in [0.29, 0.717) is 10.7 Å². The molecule has 0 aliphatic rings. The molecule has 1 atom stereocenters. The molecule has 0 bridgehead atoms. The predicted molar refractivity (Wildman–Crippen MR) is 90.5 cm³/mol. The Kier molecular flexibility index (Phi) is 5.33. The fraction of sp³-hybridized carbons (Fsp3) is 0.429. The molecule has 0 unspecified atom stereocenters. The van der Waals surface area contributed by atoms with Crippen molar-refractivity contribution < 1.29 is 13.2 Å². The van der Waals surface area contributed by atoms with Gasteiger partial charge < -0.3 is 10.3 Å². The van der Waals surface area contributed by atoms with E-state index in [1.807, 2.05) is 4.57 Å². The standard InChI is InChI=1S/C14H20N4O3S2/c1-3-4-7-18-12-6-5-10(23(16,20)21)8-11(12)17-14(18)22-9(2)13(15)19/h5-6,8-9H,3-4,7H2,1-2H3,(H2,15,19)(H2,16,20,21)/t9-/m0/s1. The van der Waals surface area contributed by atoms with Crippen molar-refractivity contribution >= 4 is 38.7 Å². The second kappa shape index (κ2) is 6.90. The summed E-state index contributed by atoms with van der Waals surface area (Å²) in [5, 5.41) is 5.38. The second-order valence-electron chi connectivity index (χ2n) is 5.26. The van der Waals surface area contributed by atoms with E-state index in [9.17, 15) is 13.2 Å². The molecule has 1 heterocycles. The molecule has 23 heavy (non-hydrogen) atoms. The number of imidazole rings is 1. The van der Waals surface area contributed by atoms with Crippen molar-refractivity contribution in [2.75, 3.05) is 0 Å². The molecule has 0 saturated carbocycles. The molecule has 2 rings (SSSR count). The van der Waals surface area contributed by atoms with Crippen LogP contribution in [0.15, 0.2) is 28.3 Å². The van der Waals surface area contributed by atoms with Crippen LogP contribution in [0.5, 0.6) is 0 Å². The number of carbonyl (C=O) groups is 1. The Hall–Kier alpha value is -1.58. The van der Waals surface area contributed by atoms with Gasteiger partial charge in [-0.2, -0.15) is 0 Å². The van der Waals surface area contributed by atoms with Gasteiger partial charge in [-0.05, 0) is 31.5 Å². The van der Waals surface area contributed by atoms with Gasteiger partial charge in [-0.1, -0.05) is 25.1 Å². The minimum absolute atomic E-state index is 0.0182. The molecule has 0 aliphatic carbocycles. The molecule has 0 aliphatic heterocycles. The summed E-state index contributed by atoms with van der Waals surface area (Å²) in [7, 11) is -3.78. The average Bonchev–Trinajstić information content (AvgIpc) is 2.80. The Morgan fingerprint density at radius 3 is 2.70 bits per heavy atom. The average molecular weight is 356 g/mol. The molecule has 0 saturated heterocycles. The molecule has 1 amide bonds. The number of nitrogens with two attached hydrogens (primary N) is 2. The molecule has 2 aromatic rings. The fourth-order valence-corrected chi connectivity index (χ4v) is 3.54. The number of fused-ring (bicyclic) bond motifs is 1. The van der Waals surface area contributed by atoms with Crippen LogP contribution in [0.2, 0.25) is 0 Å². The number of primary sulfonamides is 1. The van der Waals surface area contributed by atoms with Crippen LogP contribution < -0.4 is 10.9 Å². The van der Waals surface area contributed by atoms with Crippen LogP contribution in [0, 0.1) is 0 Å². The SMILES string of the molecule is CCCCn1c(S[C@@H](C)C(N)=O)nc2cc(S(N)(=O)=O)ccc21. The smallest absolute Gasteiger partial charge is 0.238 e. The number of primary amides is 1. The fourth-order valence-electron chi connectivity index (χ4n) is 2.10. The van der Waals surface area contributed by atoms with Crippen LogP contribution in [0.4, 0.5) is 0 Å². The molecule has 0 fully saturated rings. The number of hydrogen-bond donors (Lipinski definition) is 2. The number of aromatic nitrogens is 2. The van der Waals surface area contributed by atoms with Gasteiger partial charge in [0, 0.05) is 6.54 Å². The third-order valence-corrected chi connectivity index (χ3v) is 5.45. The quantitative estimate of drug-likeness (QED) is 0.727. The Morgan fingerprint density at radius 2 is 2.13 bits per heavy atom. The first kappa shape index (κ1) is 17.8. The van der Waals surface area contributed by atoms with Crippen molar-refractivity contribution in [2.24, 2.45) is 10.9 Å². The number of carbonyl (C=O) groups excluding carboxylic acids is 1. The zero-order chi connectivity index (χ0) is 17.2. The summed E-state index contributed by atoms with van der Waals surface area (Å²) >= 11 is 1.26. The van der Waals surface area contributed by atoms with Gasteiger partial charge in [-0.25, -0.2) is 18.5 Å². The highest BCUT2D eigenvalue weighted by Gasteiger charge is 2.18. The van der Waals surface area contributed by atoms with Crippen LogP contribution in [-0.4, -0.2) is 29.1 Å². The first-order chi connectivity index (χ1) is 10.7. The summed E-state index contributed by atoms with van der Waals surface area (Å²) in [6.07, 6.45) is 1.95. The lowest BCUT2D eigenvalue weighted by atomic mass is 10.3. The zero-order valence-electron chi connectivity index (χ0n) is 13.0. The molecule has 1 aromatic heterocycles. The molecule has 126 valence electrons. The predicted octanol–water partition coefficient (Wildman–Crippen LogP) is 1.45. The second-order valence-corrected chi connectivity index (χ2v) is 8.13. The molecule has 0 spiro atoms. The van der Waals surface area contributed by atoms with Crippen molar-refractivity contribution in [3.63, 3.8) is 0 Å². The highest BCUT2D eigenvalue weighted by molar-refractivity contribution is 8.00. The summed E-state index contributed by atoms with van der Waals surface area (Å²) < 4.78 is 25.0. The van der Waals surface area contributed by atoms with Crippen LogP contribution in [-0.2, 0) is 21.4 Å². The zero-order valence-corrected chi connectivity index (χ0v) is 14.7. The molecular weight excluding hydrogens is 336 g/mol. The summed E-state index contributed by atoms with van der Waals surface area (Å²) in [5.74, 6) is -0.422. The minimum atomic E-state index is -3.78. The van der Waals surface area contributed by atoms with Gasteiger partial charge in [0.2, 0.25) is 15.9 Å². The maximum absolute atomic E-state index is 11.5. The first-order valence-corrected chi connectivity index (χ1v) is 9.65. The number of hydrogen-bond acceptors (Lipinski definition) is 5. The summed E-state index contributed by atoms with van der Waals surface area (Å²) in [6, 6.07) is 4.61. The molecule has 9 heteroatoms. The van der Waals surface area contributed by atoms with E-state index in [2.05, 4.69) is 11.9 Å². The van der Waals surface area contributed by atoms with Gasteiger partial charge in [0.1, 0.15) is 0 Å². The normalized spacial score (nSPS) is 13.3. The Morgan fingerprint density at radius 1 is 1.43 bits per heavy atom. The van der Waals surface area contributed by atoms with Crippen molar-refractivity contribution in [3.8, 4) is 0 Å². The highest BCUT2D eigenvalue weighted by Crippen LogP contribution is 2.28. The van der Waals surface area contributed by atoms with E-state index in [1.165, 1.54) is 23.9 Å². The Bertz CT molecular complexity index is 830. The lowest BCUT2D eigenvalue weighted by Crippen LogP contribution is -2.23. The van der Waals surface area contributed by atoms with Crippen molar-refractivity contribution in [3.05, 3.63) is 18.2 Å². The number of thioether (sulfide) groups is 1. The van der Waals surface area contributed by atoms with E-state index in [-0.39, 0.29) is 4.90 Å². The maximum atomic E-state index is 11.5. The molecule has 7 nitrogen and oxygen atoms in total. The molecular formula is C14H20N4O3S2. The number of nitrogens with zero attached hydrogens (tertiary/aromatic N) is 2. The number of unbranched alkanes of at least 4 members (excludes halogenated alkanes) is 1. The summed E-state index contributed by atoms with van der Waals surface area (Å²) in [5.41, 5.74) is 6.66. The van der Waals surface area contributed by atoms with E-state index < -0.39 is 21.2 Å². The first-order valence-electron chi connectivity index (χ1n) is 7.23. The minimum Gasteiger partial charge on any atom is -0.369 e. The van der Waals surface area contributed by atoms with E-state index in [0.717, 1.165) is 24.9 Å². The summed E-state index contributed by atoms with van der Waals surface area (Å²) in [4.78, 5) is 15.8. The van der Waals surface area contributed by atoms with Crippen molar-refractivity contribution in [1.82, 2.24) is 9.55 Å². The van der Waals surface area contributed by atoms with E-state index >= 15 is 0 Å². The van der Waals surface area contributed by atoms with Gasteiger partial charge >= 0.3 is 0 Å². The number of aryl methyl sites for hydroxylation is 1. The van der Waals surface area contributed by atoms with Crippen molar-refractivity contribution in [2.45, 2.75) is 48.5 Å². The van der Waals surface area contributed by atoms with E-state index in [1.54, 1.807) is 13.0 Å². The number of rotatable bonds is 7. The van der Waals surface area contributed by atoms with E-state index in [4.69, 9.17) is 10.9 Å². The topological polar surface area (TPSA) is 121 Å². The van der Waals surface area contributed by atoms with Crippen LogP contribution >= 0.6 is 11.8 Å². The third kappa shape index (κ3) is 4.04. The van der Waals surface area contributed by atoms with Crippen LogP contribution in [0.25, 0.3) is 11.0 Å². The Labute approximate surface area is 139 Å². The van der Waals surface area contributed by atoms with Gasteiger partial charge in [0.15, 0.2) is 5.16 Å². The lowest BCUT2D eigenvalue weighted by Gasteiger charge is -2.10. The summed E-state index contributed by atoms with van der Waals surface area (Å²) in [6.45, 7) is 4.53. The van der Waals surface area contributed by atoms with Crippen molar-refractivity contribution in [1.29, 1.82) is 0 Å². The van der Waals surface area contributed by atoms with Gasteiger partial charge in [0.25, 0.3) is 0 Å². The number of amides is 1. The third-order valence-electron chi connectivity index (χ3n) is 3.43. The van der Waals surface area contributed by atoms with Gasteiger partial charge in [0.05, 0.1) is 21.2 Å². The lowest BCUT2D eigenvalue weighted by molar-refractivity contribution is -0.117. The monoisotopic (exact) mass is 356 g/mol. The van der Waals surface area contributed by atoms with Gasteiger partial charge in [-0.15, -0.1) is 0 Å². The number of sulfonamides is 1. The molecule has 0 radical (unpaired) electrons. The van der Waals surface area contributed by atoms with Gasteiger partial charge in [-0.3, -0.25) is 4.79 Å². The highest BCUT2D eigenvalue weighted by atomic mass is 32.2. The molecule has 4 N–H and O–H groups in total. The Balaban J connectivity index is 2.53. The van der Waals surface area contributed by atoms with Crippen LogP contribution in [0.3, 0.4) is 0 Å². The largest absolute Gasteiger partial charge is 0.369 e. The number of benzene rings is 1. The van der Waals surface area contributed by atoms with Crippen LogP contribution in [0.1, 0.15) is 26.7 Å². The molecule has 1 aromatic carbocycles. The maximum Gasteiger partial charge on any atom is 0.238 e.